The zero-order valence-corrected chi connectivity index (χ0v) is 11.5. The van der Waals surface area contributed by atoms with Crippen molar-refractivity contribution in [2.75, 3.05) is 32.2 Å². The van der Waals surface area contributed by atoms with Crippen LogP contribution >= 0.6 is 0 Å². The summed E-state index contributed by atoms with van der Waals surface area (Å²) in [5, 5.41) is 0. The normalized spacial score (nSPS) is 33.6. The van der Waals surface area contributed by atoms with Crippen molar-refractivity contribution in [2.45, 2.75) is 12.2 Å². The summed E-state index contributed by atoms with van der Waals surface area (Å²) >= 11 is 0. The molecule has 106 valence electrons. The molecule has 6 heteroatoms. The fourth-order valence-corrected chi connectivity index (χ4v) is 3.43. The summed E-state index contributed by atoms with van der Waals surface area (Å²) in [5.74, 6) is 2.83. The lowest BCUT2D eigenvalue weighted by atomic mass is 9.86. The Morgan fingerprint density at radius 1 is 1.05 bits per heavy atom. The van der Waals surface area contributed by atoms with Gasteiger partial charge in [0.15, 0.2) is 0 Å². The van der Waals surface area contributed by atoms with Crippen molar-refractivity contribution in [1.82, 2.24) is 9.97 Å². The summed E-state index contributed by atoms with van der Waals surface area (Å²) in [6.45, 7) is 1.85. The minimum absolute atomic E-state index is 0.266. The molecule has 0 amide bonds. The van der Waals surface area contributed by atoms with E-state index in [1.165, 1.54) is 0 Å². The molecule has 0 aliphatic carbocycles. The van der Waals surface area contributed by atoms with Gasteiger partial charge in [-0.15, -0.1) is 0 Å². The average Bonchev–Trinajstić information content (AvgIpc) is 3.18. The number of hydrogen-bond donors (Lipinski definition) is 0. The molecule has 6 nitrogen and oxygen atoms in total. The molecule has 4 atom stereocenters. The molecule has 0 radical (unpaired) electrons. The van der Waals surface area contributed by atoms with Crippen LogP contribution in [-0.4, -0.2) is 49.5 Å². The number of methoxy groups -OCH3 is 2. The lowest BCUT2D eigenvalue weighted by Gasteiger charge is -2.19. The van der Waals surface area contributed by atoms with Crippen LogP contribution in [-0.2, 0) is 4.74 Å². The van der Waals surface area contributed by atoms with Gasteiger partial charge in [-0.25, -0.2) is 0 Å². The Labute approximate surface area is 117 Å². The first-order valence-electron chi connectivity index (χ1n) is 6.84. The standard InChI is InChI=1S/C14H17N3O3/c1-18-12-5-13(19-2)16-14(15-12)17-6-8-9(7-17)11-4-3-10(8)20-11/h3-5,8-11H,6-7H2,1-2H3. The number of hydrogen-bond acceptors (Lipinski definition) is 6. The summed E-state index contributed by atoms with van der Waals surface area (Å²) < 4.78 is 16.3. The maximum absolute atomic E-state index is 5.89. The number of rotatable bonds is 3. The van der Waals surface area contributed by atoms with E-state index in [4.69, 9.17) is 14.2 Å². The van der Waals surface area contributed by atoms with Crippen LogP contribution in [0.5, 0.6) is 11.8 Å². The third-order valence-electron chi connectivity index (χ3n) is 4.43. The van der Waals surface area contributed by atoms with Crippen LogP contribution in [0.3, 0.4) is 0 Å². The Kier molecular flexibility index (Phi) is 2.60. The number of aromatic nitrogens is 2. The number of anilines is 1. The van der Waals surface area contributed by atoms with Crippen LogP contribution in [0.2, 0.25) is 0 Å². The van der Waals surface area contributed by atoms with Crippen molar-refractivity contribution in [3.8, 4) is 11.8 Å². The van der Waals surface area contributed by atoms with Gasteiger partial charge >= 0.3 is 0 Å². The third-order valence-corrected chi connectivity index (χ3v) is 4.43. The molecule has 2 saturated heterocycles. The van der Waals surface area contributed by atoms with Crippen molar-refractivity contribution in [2.24, 2.45) is 11.8 Å². The van der Waals surface area contributed by atoms with E-state index in [1.54, 1.807) is 20.3 Å². The van der Waals surface area contributed by atoms with Gasteiger partial charge in [-0.05, 0) is 0 Å². The first-order valence-corrected chi connectivity index (χ1v) is 6.84. The first-order chi connectivity index (χ1) is 9.78. The molecule has 1 aromatic rings. The number of nitrogens with zero attached hydrogens (tertiary/aromatic N) is 3. The zero-order chi connectivity index (χ0) is 13.7. The molecule has 3 aliphatic rings. The Bertz CT molecular complexity index is 520. The molecule has 2 bridgehead atoms. The van der Waals surface area contributed by atoms with Crippen molar-refractivity contribution < 1.29 is 14.2 Å². The van der Waals surface area contributed by atoms with Gasteiger partial charge in [0.25, 0.3) is 0 Å². The Morgan fingerprint density at radius 3 is 2.10 bits per heavy atom. The second-order valence-electron chi connectivity index (χ2n) is 5.44. The minimum Gasteiger partial charge on any atom is -0.481 e. The number of ether oxygens (including phenoxy) is 3. The molecule has 3 aliphatic heterocycles. The molecule has 20 heavy (non-hydrogen) atoms. The first kappa shape index (κ1) is 12.0. The summed E-state index contributed by atoms with van der Waals surface area (Å²) in [4.78, 5) is 11.1. The van der Waals surface area contributed by atoms with E-state index < -0.39 is 0 Å². The Morgan fingerprint density at radius 2 is 1.60 bits per heavy atom. The van der Waals surface area contributed by atoms with Gasteiger partial charge in [-0.1, -0.05) is 12.2 Å². The summed E-state index contributed by atoms with van der Waals surface area (Å²) in [6, 6.07) is 1.69. The SMILES string of the molecule is COc1cc(OC)nc(N2CC3C4C=CC(O4)C3C2)n1. The molecule has 1 aromatic heterocycles. The fourth-order valence-electron chi connectivity index (χ4n) is 3.43. The van der Waals surface area contributed by atoms with Gasteiger partial charge in [-0.2, -0.15) is 9.97 Å². The molecule has 0 aromatic carbocycles. The molecule has 2 fully saturated rings. The maximum Gasteiger partial charge on any atom is 0.231 e. The van der Waals surface area contributed by atoms with Gasteiger partial charge in [0.2, 0.25) is 17.7 Å². The van der Waals surface area contributed by atoms with E-state index in [1.807, 2.05) is 0 Å². The predicted molar refractivity (Wildman–Crippen MR) is 72.1 cm³/mol. The largest absolute Gasteiger partial charge is 0.481 e. The van der Waals surface area contributed by atoms with Crippen molar-refractivity contribution in [1.29, 1.82) is 0 Å². The van der Waals surface area contributed by atoms with Crippen molar-refractivity contribution in [3.05, 3.63) is 18.2 Å². The topological polar surface area (TPSA) is 56.7 Å². The predicted octanol–water partition coefficient (Wildman–Crippen LogP) is 0.883. The van der Waals surface area contributed by atoms with Gasteiger partial charge in [0.05, 0.1) is 32.5 Å². The van der Waals surface area contributed by atoms with Crippen LogP contribution in [0, 0.1) is 11.8 Å². The van der Waals surface area contributed by atoms with E-state index in [-0.39, 0.29) is 12.2 Å². The van der Waals surface area contributed by atoms with E-state index >= 15 is 0 Å². The summed E-state index contributed by atoms with van der Waals surface area (Å²) in [7, 11) is 3.20. The molecule has 4 rings (SSSR count). The monoisotopic (exact) mass is 275 g/mol. The molecule has 4 unspecified atom stereocenters. The quantitative estimate of drug-likeness (QED) is 0.763. The van der Waals surface area contributed by atoms with E-state index in [0.717, 1.165) is 13.1 Å². The summed E-state index contributed by atoms with van der Waals surface area (Å²) in [6.07, 6.45) is 4.90. The molecule has 0 spiro atoms. The highest BCUT2D eigenvalue weighted by atomic mass is 16.5. The zero-order valence-electron chi connectivity index (χ0n) is 11.5. The smallest absolute Gasteiger partial charge is 0.231 e. The lowest BCUT2D eigenvalue weighted by molar-refractivity contribution is 0.100. The summed E-state index contributed by atoms with van der Waals surface area (Å²) in [5.41, 5.74) is 0. The van der Waals surface area contributed by atoms with E-state index in [2.05, 4.69) is 27.0 Å². The van der Waals surface area contributed by atoms with E-state index in [0.29, 0.717) is 29.5 Å². The highest BCUT2D eigenvalue weighted by molar-refractivity contribution is 5.40. The Balaban J connectivity index is 1.60. The number of fused-ring (bicyclic) bond motifs is 5. The van der Waals surface area contributed by atoms with Crippen LogP contribution in [0.4, 0.5) is 5.95 Å². The fraction of sp³-hybridized carbons (Fsp3) is 0.571. The molecule has 0 N–H and O–H groups in total. The molecule has 4 heterocycles. The van der Waals surface area contributed by atoms with Crippen molar-refractivity contribution >= 4 is 5.95 Å². The van der Waals surface area contributed by atoms with Crippen LogP contribution in [0.1, 0.15) is 0 Å². The second-order valence-corrected chi connectivity index (χ2v) is 5.44. The average molecular weight is 275 g/mol. The third kappa shape index (κ3) is 1.67. The van der Waals surface area contributed by atoms with Gasteiger partial charge in [-0.3, -0.25) is 0 Å². The van der Waals surface area contributed by atoms with Crippen LogP contribution in [0.15, 0.2) is 18.2 Å². The molecular weight excluding hydrogens is 258 g/mol. The molecule has 0 saturated carbocycles. The molecular formula is C14H17N3O3. The second kappa shape index (κ2) is 4.34. The van der Waals surface area contributed by atoms with Crippen LogP contribution in [0.25, 0.3) is 0 Å². The minimum atomic E-state index is 0.266. The maximum atomic E-state index is 5.89. The van der Waals surface area contributed by atoms with E-state index in [9.17, 15) is 0 Å². The highest BCUT2D eigenvalue weighted by Gasteiger charge is 2.51. The lowest BCUT2D eigenvalue weighted by Crippen LogP contribution is -2.26. The van der Waals surface area contributed by atoms with Crippen LogP contribution < -0.4 is 14.4 Å². The van der Waals surface area contributed by atoms with Gasteiger partial charge in [0.1, 0.15) is 0 Å². The van der Waals surface area contributed by atoms with Gasteiger partial charge < -0.3 is 19.1 Å². The van der Waals surface area contributed by atoms with Gasteiger partial charge in [0, 0.05) is 24.9 Å². The Hall–Kier alpha value is -1.82. The van der Waals surface area contributed by atoms with Crippen molar-refractivity contribution in [3.63, 3.8) is 0 Å². The highest BCUT2D eigenvalue weighted by Crippen LogP contribution is 2.44.